The Hall–Kier alpha value is -3.94. The summed E-state index contributed by atoms with van der Waals surface area (Å²) in [5, 5.41) is 2.74. The average Bonchev–Trinajstić information content (AvgIpc) is 2.73. The maximum absolute atomic E-state index is 13.0. The van der Waals surface area contributed by atoms with Gasteiger partial charge in [0.1, 0.15) is 11.6 Å². The fourth-order valence-corrected chi connectivity index (χ4v) is 2.97. The van der Waals surface area contributed by atoms with Crippen LogP contribution in [0.15, 0.2) is 82.1 Å². The third-order valence-electron chi connectivity index (χ3n) is 4.38. The van der Waals surface area contributed by atoms with E-state index in [2.05, 4.69) is 10.3 Å². The van der Waals surface area contributed by atoms with Crippen LogP contribution in [-0.2, 0) is 6.18 Å². The lowest BCUT2D eigenvalue weighted by Crippen LogP contribution is -2.14. The van der Waals surface area contributed by atoms with Gasteiger partial charge in [0.2, 0.25) is 0 Å². The van der Waals surface area contributed by atoms with Crippen LogP contribution in [0.1, 0.15) is 15.9 Å². The Morgan fingerprint density at radius 2 is 1.77 bits per heavy atom. The molecule has 0 aliphatic rings. The lowest BCUT2D eigenvalue weighted by Gasteiger charge is -2.10. The van der Waals surface area contributed by atoms with E-state index in [9.17, 15) is 22.8 Å². The van der Waals surface area contributed by atoms with E-state index < -0.39 is 23.1 Å². The van der Waals surface area contributed by atoms with Crippen molar-refractivity contribution in [3.63, 3.8) is 0 Å². The Labute approximate surface area is 167 Å². The van der Waals surface area contributed by atoms with Crippen molar-refractivity contribution in [1.82, 2.24) is 4.98 Å². The molecule has 4 aromatic rings. The van der Waals surface area contributed by atoms with Gasteiger partial charge in [-0.05, 0) is 36.4 Å². The Kier molecular flexibility index (Phi) is 4.83. The summed E-state index contributed by atoms with van der Waals surface area (Å²) in [6.07, 6.45) is -3.04. The highest BCUT2D eigenvalue weighted by molar-refractivity contribution is 6.11. The van der Waals surface area contributed by atoms with Crippen molar-refractivity contribution in [3.8, 4) is 11.3 Å². The van der Waals surface area contributed by atoms with Crippen LogP contribution in [0.25, 0.3) is 22.3 Å². The summed E-state index contributed by atoms with van der Waals surface area (Å²) in [5.41, 5.74) is -1.24. The molecule has 150 valence electrons. The number of alkyl halides is 3. The molecule has 0 unspecified atom stereocenters. The van der Waals surface area contributed by atoms with E-state index in [1.54, 1.807) is 18.2 Å². The van der Waals surface area contributed by atoms with Crippen LogP contribution in [0.5, 0.6) is 0 Å². The van der Waals surface area contributed by atoms with Gasteiger partial charge >= 0.3 is 6.18 Å². The molecule has 2 heterocycles. The molecular weight excluding hydrogens is 397 g/mol. The number of hydrogen-bond donors (Lipinski definition) is 1. The third kappa shape index (κ3) is 3.80. The molecule has 5 nitrogen and oxygen atoms in total. The zero-order chi connectivity index (χ0) is 21.3. The number of nitrogens with one attached hydrogen (secondary N) is 1. The maximum atomic E-state index is 13.0. The number of anilines is 1. The first-order valence-electron chi connectivity index (χ1n) is 8.80. The Morgan fingerprint density at radius 3 is 2.50 bits per heavy atom. The number of pyridine rings is 1. The van der Waals surface area contributed by atoms with E-state index in [1.165, 1.54) is 36.5 Å². The summed E-state index contributed by atoms with van der Waals surface area (Å²) in [7, 11) is 0. The van der Waals surface area contributed by atoms with E-state index >= 15 is 0 Å². The monoisotopic (exact) mass is 410 g/mol. The van der Waals surface area contributed by atoms with Gasteiger partial charge in [-0.25, -0.2) is 4.98 Å². The predicted molar refractivity (Wildman–Crippen MR) is 105 cm³/mol. The number of rotatable bonds is 3. The molecule has 0 radical (unpaired) electrons. The SMILES string of the molecule is O=C(Nc1ccccn1)c1cccc2c(=O)cc(-c3cccc(C(F)(F)F)c3)oc12. The minimum absolute atomic E-state index is 0.0224. The first kappa shape index (κ1) is 19.4. The highest BCUT2D eigenvalue weighted by atomic mass is 19.4. The molecular formula is C22H13F3N2O3. The van der Waals surface area contributed by atoms with Crippen LogP contribution < -0.4 is 10.7 Å². The van der Waals surface area contributed by atoms with Gasteiger partial charge in [-0.2, -0.15) is 13.2 Å². The van der Waals surface area contributed by atoms with Gasteiger partial charge < -0.3 is 9.73 Å². The largest absolute Gasteiger partial charge is 0.455 e. The number of fused-ring (bicyclic) bond motifs is 1. The number of benzene rings is 2. The number of amides is 1. The molecule has 8 heteroatoms. The molecule has 0 saturated carbocycles. The maximum Gasteiger partial charge on any atom is 0.416 e. The smallest absolute Gasteiger partial charge is 0.416 e. The fraction of sp³-hybridized carbons (Fsp3) is 0.0455. The van der Waals surface area contributed by atoms with Gasteiger partial charge in [0.15, 0.2) is 11.0 Å². The number of hydrogen-bond acceptors (Lipinski definition) is 4. The molecule has 0 saturated heterocycles. The number of aromatic nitrogens is 1. The molecule has 30 heavy (non-hydrogen) atoms. The standard InChI is InChI=1S/C22H13F3N2O3/c23-22(24,25)14-6-3-5-13(11-14)18-12-17(28)15-7-4-8-16(20(15)30-18)21(29)27-19-9-1-2-10-26-19/h1-12H,(H,26,27,29). The number of carbonyl (C=O) groups excluding carboxylic acids is 1. The fourth-order valence-electron chi connectivity index (χ4n) is 2.97. The van der Waals surface area contributed by atoms with Gasteiger partial charge in [0.25, 0.3) is 5.91 Å². The van der Waals surface area contributed by atoms with Crippen molar-refractivity contribution >= 4 is 22.7 Å². The minimum atomic E-state index is -4.54. The topological polar surface area (TPSA) is 72.2 Å². The highest BCUT2D eigenvalue weighted by Crippen LogP contribution is 2.32. The molecule has 4 rings (SSSR count). The van der Waals surface area contributed by atoms with Crippen molar-refractivity contribution in [2.24, 2.45) is 0 Å². The molecule has 0 aliphatic carbocycles. The summed E-state index contributed by atoms with van der Waals surface area (Å²) < 4.78 is 44.9. The van der Waals surface area contributed by atoms with Crippen molar-refractivity contribution in [2.75, 3.05) is 5.32 Å². The van der Waals surface area contributed by atoms with E-state index in [0.29, 0.717) is 5.82 Å². The zero-order valence-electron chi connectivity index (χ0n) is 15.2. The van der Waals surface area contributed by atoms with E-state index in [0.717, 1.165) is 18.2 Å². The summed E-state index contributed by atoms with van der Waals surface area (Å²) >= 11 is 0. The number of nitrogens with zero attached hydrogens (tertiary/aromatic N) is 1. The lowest BCUT2D eigenvalue weighted by molar-refractivity contribution is -0.137. The highest BCUT2D eigenvalue weighted by Gasteiger charge is 2.30. The van der Waals surface area contributed by atoms with Crippen LogP contribution in [0, 0.1) is 0 Å². The summed E-state index contributed by atoms with van der Waals surface area (Å²) in [6.45, 7) is 0. The molecule has 1 amide bonds. The molecule has 0 spiro atoms. The van der Waals surface area contributed by atoms with E-state index in [4.69, 9.17) is 4.42 Å². The van der Waals surface area contributed by atoms with E-state index in [1.807, 2.05) is 0 Å². The molecule has 2 aromatic heterocycles. The van der Waals surface area contributed by atoms with Crippen molar-refractivity contribution in [3.05, 3.63) is 94.3 Å². The average molecular weight is 410 g/mol. The van der Waals surface area contributed by atoms with Crippen LogP contribution in [0.3, 0.4) is 0 Å². The van der Waals surface area contributed by atoms with Crippen LogP contribution >= 0.6 is 0 Å². The second-order valence-corrected chi connectivity index (χ2v) is 6.40. The quantitative estimate of drug-likeness (QED) is 0.509. The Balaban J connectivity index is 1.83. The first-order chi connectivity index (χ1) is 14.3. The molecule has 0 bridgehead atoms. The van der Waals surface area contributed by atoms with Gasteiger partial charge in [-0.3, -0.25) is 9.59 Å². The van der Waals surface area contributed by atoms with Gasteiger partial charge in [0.05, 0.1) is 16.5 Å². The second-order valence-electron chi connectivity index (χ2n) is 6.40. The summed E-state index contributed by atoms with van der Waals surface area (Å²) in [6, 6.07) is 15.0. The van der Waals surface area contributed by atoms with Gasteiger partial charge in [-0.15, -0.1) is 0 Å². The molecule has 1 N–H and O–H groups in total. The van der Waals surface area contributed by atoms with Crippen LogP contribution in [0.2, 0.25) is 0 Å². The third-order valence-corrected chi connectivity index (χ3v) is 4.38. The van der Waals surface area contributed by atoms with E-state index in [-0.39, 0.29) is 27.9 Å². The van der Waals surface area contributed by atoms with Gasteiger partial charge in [0, 0.05) is 17.8 Å². The number of carbonyl (C=O) groups is 1. The van der Waals surface area contributed by atoms with Crippen molar-refractivity contribution in [1.29, 1.82) is 0 Å². The number of halogens is 3. The lowest BCUT2D eigenvalue weighted by atomic mass is 10.1. The Bertz CT molecular complexity index is 1300. The summed E-state index contributed by atoms with van der Waals surface area (Å²) in [5.74, 6) is -0.337. The van der Waals surface area contributed by atoms with Crippen LogP contribution in [0.4, 0.5) is 19.0 Å². The zero-order valence-corrected chi connectivity index (χ0v) is 15.2. The number of para-hydroxylation sites is 1. The van der Waals surface area contributed by atoms with Gasteiger partial charge in [-0.1, -0.05) is 24.3 Å². The molecule has 2 aromatic carbocycles. The second kappa shape index (κ2) is 7.47. The molecule has 0 fully saturated rings. The molecule has 0 atom stereocenters. The molecule has 0 aliphatic heterocycles. The predicted octanol–water partition coefficient (Wildman–Crippen LogP) is 5.13. The first-order valence-corrected chi connectivity index (χ1v) is 8.80. The van der Waals surface area contributed by atoms with Crippen LogP contribution in [-0.4, -0.2) is 10.9 Å². The Morgan fingerprint density at radius 1 is 0.967 bits per heavy atom. The minimum Gasteiger partial charge on any atom is -0.455 e. The van der Waals surface area contributed by atoms with Crippen molar-refractivity contribution in [2.45, 2.75) is 6.18 Å². The normalized spacial score (nSPS) is 11.4. The summed E-state index contributed by atoms with van der Waals surface area (Å²) in [4.78, 5) is 29.3. The van der Waals surface area contributed by atoms with Crippen molar-refractivity contribution < 1.29 is 22.4 Å².